The number of benzene rings is 1. The number of aryl methyl sites for hydroxylation is 1. The van der Waals surface area contributed by atoms with Crippen molar-refractivity contribution in [2.24, 2.45) is 17.1 Å². The first-order valence-corrected chi connectivity index (χ1v) is 7.22. The van der Waals surface area contributed by atoms with E-state index in [9.17, 15) is 9.50 Å². The summed E-state index contributed by atoms with van der Waals surface area (Å²) < 4.78 is 13.3. The largest absolute Gasteiger partial charge is 0.385 e. The molecule has 0 aromatic heterocycles. The third kappa shape index (κ3) is 1.75. The van der Waals surface area contributed by atoms with Crippen LogP contribution < -0.4 is 5.73 Å². The number of hydrogen-bond donors (Lipinski definition) is 2. The van der Waals surface area contributed by atoms with Gasteiger partial charge in [-0.2, -0.15) is 0 Å². The summed E-state index contributed by atoms with van der Waals surface area (Å²) in [4.78, 5) is 0. The highest BCUT2D eigenvalue weighted by atomic mass is 19.1. The molecule has 0 heterocycles. The monoisotopic (exact) mass is 263 g/mol. The molecular weight excluding hydrogens is 241 g/mol. The van der Waals surface area contributed by atoms with Crippen LogP contribution in [-0.2, 0) is 12.0 Å². The summed E-state index contributed by atoms with van der Waals surface area (Å²) in [6.45, 7) is 2.73. The third-order valence-electron chi connectivity index (χ3n) is 5.39. The topological polar surface area (TPSA) is 46.2 Å². The van der Waals surface area contributed by atoms with Crippen LogP contribution in [0.1, 0.15) is 43.7 Å². The Balaban J connectivity index is 2.06. The smallest absolute Gasteiger partial charge is 0.123 e. The minimum atomic E-state index is -0.866. The van der Waals surface area contributed by atoms with Crippen LogP contribution in [-0.4, -0.2) is 11.7 Å². The average molecular weight is 263 g/mol. The highest BCUT2D eigenvalue weighted by Gasteiger charge is 2.55. The number of fused-ring (bicyclic) bond motifs is 1. The van der Waals surface area contributed by atoms with Crippen LogP contribution in [0.15, 0.2) is 18.2 Å². The fraction of sp³-hybridized carbons (Fsp3) is 0.625. The summed E-state index contributed by atoms with van der Waals surface area (Å²) in [5.74, 6) is 0.390. The lowest BCUT2D eigenvalue weighted by Crippen LogP contribution is -2.47. The van der Waals surface area contributed by atoms with E-state index in [1.807, 2.05) is 0 Å². The van der Waals surface area contributed by atoms with Gasteiger partial charge in [0, 0.05) is 12.0 Å². The Kier molecular flexibility index (Phi) is 2.95. The van der Waals surface area contributed by atoms with Crippen molar-refractivity contribution >= 4 is 0 Å². The van der Waals surface area contributed by atoms with Crippen LogP contribution >= 0.6 is 0 Å². The van der Waals surface area contributed by atoms with Crippen LogP contribution in [0.3, 0.4) is 0 Å². The molecular formula is C16H22FNO. The molecule has 3 heteroatoms. The van der Waals surface area contributed by atoms with Crippen molar-refractivity contribution in [1.82, 2.24) is 0 Å². The standard InChI is InChI=1S/C16H22FNO/c1-11-4-6-15(9-11,10-18)16(19)7-5-12-8-13(17)2-3-14(12)16/h2-3,8,11,19H,4-7,9-10,18H2,1H3. The molecule has 0 amide bonds. The quantitative estimate of drug-likeness (QED) is 0.862. The number of rotatable bonds is 2. The van der Waals surface area contributed by atoms with Gasteiger partial charge in [-0.25, -0.2) is 4.39 Å². The summed E-state index contributed by atoms with van der Waals surface area (Å²) in [6.07, 6.45) is 4.49. The fourth-order valence-corrected chi connectivity index (χ4v) is 4.30. The second-order valence-electron chi connectivity index (χ2n) is 6.49. The molecule has 1 aromatic carbocycles. The van der Waals surface area contributed by atoms with Crippen molar-refractivity contribution in [3.8, 4) is 0 Å². The fourth-order valence-electron chi connectivity index (χ4n) is 4.30. The van der Waals surface area contributed by atoms with Gasteiger partial charge in [-0.3, -0.25) is 0 Å². The highest BCUT2D eigenvalue weighted by molar-refractivity contribution is 5.40. The minimum absolute atomic E-state index is 0.218. The van der Waals surface area contributed by atoms with Gasteiger partial charge in [-0.1, -0.05) is 13.0 Å². The molecule has 3 atom stereocenters. The Morgan fingerprint density at radius 2 is 2.21 bits per heavy atom. The molecule has 1 saturated carbocycles. The van der Waals surface area contributed by atoms with Crippen molar-refractivity contribution in [1.29, 1.82) is 0 Å². The predicted octanol–water partition coefficient (Wildman–Crippen LogP) is 2.72. The van der Waals surface area contributed by atoms with Gasteiger partial charge in [0.2, 0.25) is 0 Å². The molecule has 19 heavy (non-hydrogen) atoms. The highest BCUT2D eigenvalue weighted by Crippen LogP contribution is 2.57. The summed E-state index contributed by atoms with van der Waals surface area (Å²) in [5, 5.41) is 11.3. The van der Waals surface area contributed by atoms with Gasteiger partial charge < -0.3 is 10.8 Å². The Bertz CT molecular complexity index is 504. The zero-order valence-corrected chi connectivity index (χ0v) is 11.5. The summed E-state index contributed by atoms with van der Waals surface area (Å²) in [6, 6.07) is 4.78. The van der Waals surface area contributed by atoms with E-state index in [0.717, 1.165) is 36.8 Å². The van der Waals surface area contributed by atoms with E-state index in [1.54, 1.807) is 12.1 Å². The number of halogens is 1. The first kappa shape index (κ1) is 13.1. The van der Waals surface area contributed by atoms with Crippen LogP contribution in [0.5, 0.6) is 0 Å². The maximum atomic E-state index is 13.3. The van der Waals surface area contributed by atoms with Gasteiger partial charge in [-0.15, -0.1) is 0 Å². The first-order chi connectivity index (χ1) is 9.01. The molecule has 3 rings (SSSR count). The van der Waals surface area contributed by atoms with Crippen molar-refractivity contribution in [3.05, 3.63) is 35.1 Å². The zero-order chi connectivity index (χ0) is 13.7. The SMILES string of the molecule is CC1CCC(CN)(C2(O)CCc3cc(F)ccc32)C1. The predicted molar refractivity (Wildman–Crippen MR) is 73.1 cm³/mol. The third-order valence-corrected chi connectivity index (χ3v) is 5.39. The average Bonchev–Trinajstić information content (AvgIpc) is 2.93. The van der Waals surface area contributed by atoms with Crippen molar-refractivity contribution in [3.63, 3.8) is 0 Å². The lowest BCUT2D eigenvalue weighted by molar-refractivity contribution is -0.0852. The molecule has 104 valence electrons. The van der Waals surface area contributed by atoms with E-state index >= 15 is 0 Å². The molecule has 0 spiro atoms. The van der Waals surface area contributed by atoms with E-state index in [0.29, 0.717) is 18.9 Å². The van der Waals surface area contributed by atoms with Crippen LogP contribution in [0.25, 0.3) is 0 Å². The molecule has 0 saturated heterocycles. The van der Waals surface area contributed by atoms with E-state index < -0.39 is 5.60 Å². The number of hydrogen-bond acceptors (Lipinski definition) is 2. The zero-order valence-electron chi connectivity index (χ0n) is 11.5. The molecule has 3 unspecified atom stereocenters. The molecule has 3 N–H and O–H groups in total. The lowest BCUT2D eigenvalue weighted by atomic mass is 9.67. The van der Waals surface area contributed by atoms with Gasteiger partial charge in [0.25, 0.3) is 0 Å². The molecule has 1 fully saturated rings. The van der Waals surface area contributed by atoms with Crippen molar-refractivity contribution < 1.29 is 9.50 Å². The Labute approximate surface area is 113 Å². The molecule has 0 aliphatic heterocycles. The molecule has 0 bridgehead atoms. The van der Waals surface area contributed by atoms with Crippen LogP contribution in [0.4, 0.5) is 4.39 Å². The van der Waals surface area contributed by atoms with Gasteiger partial charge in [0.05, 0.1) is 5.60 Å². The van der Waals surface area contributed by atoms with Gasteiger partial charge >= 0.3 is 0 Å². The van der Waals surface area contributed by atoms with Crippen molar-refractivity contribution in [2.75, 3.05) is 6.54 Å². The molecule has 0 radical (unpaired) electrons. The van der Waals surface area contributed by atoms with Crippen LogP contribution in [0.2, 0.25) is 0 Å². The van der Waals surface area contributed by atoms with Crippen molar-refractivity contribution in [2.45, 2.75) is 44.6 Å². The Hall–Kier alpha value is -0.930. The summed E-state index contributed by atoms with van der Waals surface area (Å²) in [7, 11) is 0. The van der Waals surface area contributed by atoms with Gasteiger partial charge in [0.1, 0.15) is 5.82 Å². The summed E-state index contributed by atoms with van der Waals surface area (Å²) >= 11 is 0. The second-order valence-corrected chi connectivity index (χ2v) is 6.49. The normalized spacial score (nSPS) is 37.6. The van der Waals surface area contributed by atoms with Gasteiger partial charge in [0.15, 0.2) is 0 Å². The Morgan fingerprint density at radius 1 is 1.42 bits per heavy atom. The van der Waals surface area contributed by atoms with Crippen LogP contribution in [0, 0.1) is 17.2 Å². The van der Waals surface area contributed by atoms with E-state index in [1.165, 1.54) is 6.07 Å². The lowest BCUT2D eigenvalue weighted by Gasteiger charge is -2.43. The summed E-state index contributed by atoms with van der Waals surface area (Å²) in [5.41, 5.74) is 6.82. The molecule has 1 aromatic rings. The maximum absolute atomic E-state index is 13.3. The number of aliphatic hydroxyl groups is 1. The minimum Gasteiger partial charge on any atom is -0.385 e. The first-order valence-electron chi connectivity index (χ1n) is 7.22. The van der Waals surface area contributed by atoms with Gasteiger partial charge in [-0.05, 0) is 61.3 Å². The van der Waals surface area contributed by atoms with E-state index in [-0.39, 0.29) is 11.2 Å². The molecule has 2 aliphatic carbocycles. The number of nitrogens with two attached hydrogens (primary N) is 1. The Morgan fingerprint density at radius 3 is 2.84 bits per heavy atom. The molecule has 2 nitrogen and oxygen atoms in total. The molecule has 2 aliphatic rings. The maximum Gasteiger partial charge on any atom is 0.123 e. The van der Waals surface area contributed by atoms with E-state index in [2.05, 4.69) is 6.92 Å². The second kappa shape index (κ2) is 4.29. The van der Waals surface area contributed by atoms with E-state index in [4.69, 9.17) is 5.73 Å².